The number of hydrogen-bond donors (Lipinski definition) is 1. The van der Waals surface area contributed by atoms with Crippen molar-refractivity contribution in [3.63, 3.8) is 0 Å². The highest BCUT2D eigenvalue weighted by Crippen LogP contribution is 2.28. The molecule has 0 amide bonds. The summed E-state index contributed by atoms with van der Waals surface area (Å²) in [5.41, 5.74) is 1.68. The molecule has 0 radical (unpaired) electrons. The van der Waals surface area contributed by atoms with E-state index in [0.29, 0.717) is 22.5 Å². The highest BCUT2D eigenvalue weighted by Gasteiger charge is 2.37. The van der Waals surface area contributed by atoms with Crippen molar-refractivity contribution < 1.29 is 17.7 Å². The van der Waals surface area contributed by atoms with Crippen molar-refractivity contribution in [2.45, 2.75) is 19.6 Å². The number of nitrogens with zero attached hydrogens (tertiary/aromatic N) is 6. The summed E-state index contributed by atoms with van der Waals surface area (Å²) in [7, 11) is 0. The number of pyridine rings is 1. The van der Waals surface area contributed by atoms with Gasteiger partial charge in [0.2, 0.25) is 5.89 Å². The normalized spacial score (nSPS) is 11.9. The molecule has 0 bridgehead atoms. The largest absolute Gasteiger partial charge is 0.455 e. The monoisotopic (exact) mass is 393 g/mol. The van der Waals surface area contributed by atoms with Crippen molar-refractivity contribution in [2.24, 2.45) is 0 Å². The maximum absolute atomic E-state index is 12.5. The first kappa shape index (κ1) is 17.3. The van der Waals surface area contributed by atoms with Crippen molar-refractivity contribution >= 4 is 28.2 Å². The van der Waals surface area contributed by atoms with Crippen LogP contribution < -0.4 is 5.32 Å². The number of aromatic nitrogens is 6. The van der Waals surface area contributed by atoms with E-state index < -0.39 is 12.0 Å². The lowest BCUT2D eigenvalue weighted by atomic mass is 10.3. The predicted octanol–water partition coefficient (Wildman–Crippen LogP) is 3.47. The van der Waals surface area contributed by atoms with Gasteiger partial charge < -0.3 is 9.84 Å². The maximum Gasteiger partial charge on any atom is 0.455 e. The molecule has 1 N–H and O–H groups in total. The zero-order chi connectivity index (χ0) is 19.0. The van der Waals surface area contributed by atoms with Crippen LogP contribution in [0.5, 0.6) is 0 Å². The van der Waals surface area contributed by atoms with E-state index in [1.165, 1.54) is 17.7 Å². The van der Waals surface area contributed by atoms with Gasteiger partial charge in [-0.3, -0.25) is 0 Å². The van der Waals surface area contributed by atoms with E-state index in [0.717, 1.165) is 9.88 Å². The molecule has 27 heavy (non-hydrogen) atoms. The second kappa shape index (κ2) is 6.54. The summed E-state index contributed by atoms with van der Waals surface area (Å²) in [6.07, 6.45) is -1.58. The molecule has 4 aromatic heterocycles. The quantitative estimate of drug-likeness (QED) is 0.562. The molecular formula is C15H10F3N7OS. The summed E-state index contributed by atoms with van der Waals surface area (Å²) in [6.45, 7) is 1.80. The second-order valence-electron chi connectivity index (χ2n) is 5.43. The van der Waals surface area contributed by atoms with Crippen LogP contribution in [0.4, 0.5) is 19.0 Å². The summed E-state index contributed by atoms with van der Waals surface area (Å²) in [5, 5.41) is 6.52. The molecule has 0 aliphatic heterocycles. The Hall–Kier alpha value is -3.15. The Labute approximate surface area is 153 Å². The van der Waals surface area contributed by atoms with Gasteiger partial charge >= 0.3 is 6.18 Å². The molecule has 0 unspecified atom stereocenters. The van der Waals surface area contributed by atoms with E-state index in [9.17, 15) is 13.2 Å². The van der Waals surface area contributed by atoms with E-state index in [4.69, 9.17) is 0 Å². The molecule has 4 aromatic rings. The van der Waals surface area contributed by atoms with Gasteiger partial charge in [0.05, 0.1) is 17.8 Å². The molecule has 138 valence electrons. The third kappa shape index (κ3) is 3.56. The fourth-order valence-electron chi connectivity index (χ4n) is 2.26. The molecule has 0 atom stereocenters. The zero-order valence-electron chi connectivity index (χ0n) is 13.7. The first-order valence-corrected chi connectivity index (χ1v) is 8.40. The van der Waals surface area contributed by atoms with Crippen LogP contribution in [0.2, 0.25) is 0 Å². The van der Waals surface area contributed by atoms with Gasteiger partial charge in [-0.05, 0) is 19.1 Å². The van der Waals surface area contributed by atoms with Crippen LogP contribution in [0.3, 0.4) is 0 Å². The molecule has 4 rings (SSSR count). The number of halogens is 3. The molecule has 4 heterocycles. The van der Waals surface area contributed by atoms with Gasteiger partial charge in [0.25, 0.3) is 5.82 Å². The lowest BCUT2D eigenvalue weighted by molar-refractivity contribution is -0.146. The number of fused-ring (bicyclic) bond motifs is 1. The first-order valence-electron chi connectivity index (χ1n) is 7.58. The third-order valence-electron chi connectivity index (χ3n) is 3.45. The molecular weight excluding hydrogens is 383 g/mol. The van der Waals surface area contributed by atoms with Crippen LogP contribution >= 0.6 is 11.3 Å². The smallest absolute Gasteiger partial charge is 0.359 e. The van der Waals surface area contributed by atoms with Gasteiger partial charge in [-0.1, -0.05) is 5.16 Å². The fourth-order valence-corrected chi connectivity index (χ4v) is 3.00. The first-order chi connectivity index (χ1) is 12.9. The summed E-state index contributed by atoms with van der Waals surface area (Å²) in [4.78, 5) is 21.4. The minimum absolute atomic E-state index is 0.141. The zero-order valence-corrected chi connectivity index (χ0v) is 14.5. The topological polar surface area (TPSA) is 103 Å². The van der Waals surface area contributed by atoms with Crippen molar-refractivity contribution in [1.29, 1.82) is 0 Å². The van der Waals surface area contributed by atoms with Crippen molar-refractivity contribution in [3.05, 3.63) is 41.2 Å². The van der Waals surface area contributed by atoms with Crippen LogP contribution in [-0.2, 0) is 12.7 Å². The molecule has 0 aliphatic rings. The minimum Gasteiger partial charge on any atom is -0.359 e. The van der Waals surface area contributed by atoms with Gasteiger partial charge in [-0.2, -0.15) is 18.2 Å². The van der Waals surface area contributed by atoms with Crippen LogP contribution in [0, 0.1) is 6.92 Å². The summed E-state index contributed by atoms with van der Waals surface area (Å²) >= 11 is 1.50. The molecule has 0 fully saturated rings. The lowest BCUT2D eigenvalue weighted by Gasteiger charge is -2.06. The number of anilines is 1. The molecule has 12 heteroatoms. The Balaban J connectivity index is 1.62. The molecule has 0 aliphatic carbocycles. The number of hydrogen-bond acceptors (Lipinski definition) is 9. The minimum atomic E-state index is -4.66. The second-order valence-corrected chi connectivity index (χ2v) is 6.66. The SMILES string of the molecule is Cc1cnc(-c2ccc3ncnc(NCc4nc(C(F)(F)F)no4)c3n2)s1. The van der Waals surface area contributed by atoms with E-state index >= 15 is 0 Å². The standard InChI is InChI=1S/C15H10F3N7OS/c1-7-4-20-13(27-7)9-3-2-8-11(23-9)12(22-6-21-8)19-5-10-24-14(25-26-10)15(16,17)18/h2-4,6H,5H2,1H3,(H,19,21,22). The van der Waals surface area contributed by atoms with Gasteiger partial charge in [-0.15, -0.1) is 11.3 Å². The molecule has 0 saturated heterocycles. The summed E-state index contributed by atoms with van der Waals surface area (Å²) in [5.74, 6) is -1.21. The van der Waals surface area contributed by atoms with Crippen LogP contribution in [-0.4, -0.2) is 30.1 Å². The number of thiazole rings is 1. The van der Waals surface area contributed by atoms with Crippen LogP contribution in [0.1, 0.15) is 16.6 Å². The molecule has 8 nitrogen and oxygen atoms in total. The molecule has 0 spiro atoms. The van der Waals surface area contributed by atoms with Crippen LogP contribution in [0.25, 0.3) is 21.7 Å². The van der Waals surface area contributed by atoms with E-state index in [1.54, 1.807) is 18.3 Å². The Kier molecular flexibility index (Phi) is 4.18. The Bertz CT molecular complexity index is 1110. The molecule has 0 saturated carbocycles. The number of aryl methyl sites for hydroxylation is 1. The van der Waals surface area contributed by atoms with Crippen molar-refractivity contribution in [3.8, 4) is 10.7 Å². The number of rotatable bonds is 4. The average molecular weight is 393 g/mol. The van der Waals surface area contributed by atoms with E-state index in [-0.39, 0.29) is 12.4 Å². The Morgan fingerprint density at radius 1 is 1.15 bits per heavy atom. The number of alkyl halides is 3. The van der Waals surface area contributed by atoms with Crippen molar-refractivity contribution in [1.82, 2.24) is 30.1 Å². The van der Waals surface area contributed by atoms with E-state index in [2.05, 4.69) is 39.9 Å². The fraction of sp³-hybridized carbons (Fsp3) is 0.200. The Morgan fingerprint density at radius 3 is 2.70 bits per heavy atom. The maximum atomic E-state index is 12.5. The van der Waals surface area contributed by atoms with Crippen LogP contribution in [0.15, 0.2) is 29.2 Å². The lowest BCUT2D eigenvalue weighted by Crippen LogP contribution is -2.08. The molecule has 0 aromatic carbocycles. The van der Waals surface area contributed by atoms with Gasteiger partial charge in [0, 0.05) is 11.1 Å². The van der Waals surface area contributed by atoms with Crippen molar-refractivity contribution in [2.75, 3.05) is 5.32 Å². The van der Waals surface area contributed by atoms with E-state index in [1.807, 2.05) is 6.92 Å². The third-order valence-corrected chi connectivity index (χ3v) is 4.39. The van der Waals surface area contributed by atoms with Gasteiger partial charge in [0.1, 0.15) is 16.9 Å². The summed E-state index contributed by atoms with van der Waals surface area (Å²) in [6, 6.07) is 3.57. The highest BCUT2D eigenvalue weighted by atomic mass is 32.1. The highest BCUT2D eigenvalue weighted by molar-refractivity contribution is 7.14. The van der Waals surface area contributed by atoms with Gasteiger partial charge in [0.15, 0.2) is 5.82 Å². The predicted molar refractivity (Wildman–Crippen MR) is 89.8 cm³/mol. The number of nitrogens with one attached hydrogen (secondary N) is 1. The summed E-state index contributed by atoms with van der Waals surface area (Å²) < 4.78 is 42.2. The van der Waals surface area contributed by atoms with Gasteiger partial charge in [-0.25, -0.2) is 19.9 Å². The average Bonchev–Trinajstić information content (AvgIpc) is 3.28. The Morgan fingerprint density at radius 2 is 2.00 bits per heavy atom.